The van der Waals surface area contributed by atoms with Crippen molar-refractivity contribution in [3.63, 3.8) is 0 Å². The van der Waals surface area contributed by atoms with Gasteiger partial charge in [-0.15, -0.1) is 0 Å². The molecule has 1 unspecified atom stereocenters. The number of hydrogen-bond donors (Lipinski definition) is 1. The number of sulfonamides is 1. The fourth-order valence-corrected chi connectivity index (χ4v) is 3.02. The van der Waals surface area contributed by atoms with Gasteiger partial charge in [0.05, 0.1) is 0 Å². The highest BCUT2D eigenvalue weighted by atomic mass is 32.2. The second-order valence-corrected chi connectivity index (χ2v) is 5.98. The number of nitrogens with one attached hydrogen (secondary N) is 1. The summed E-state index contributed by atoms with van der Waals surface area (Å²) in [6, 6.07) is 2.45. The molecule has 0 bridgehead atoms. The molecule has 6 heteroatoms. The van der Waals surface area contributed by atoms with Crippen LogP contribution in [-0.2, 0) is 10.0 Å². The standard InChI is InChI=1S/C12H15FN2O2S/c13-11-7-4-8-14-12(11)18(16,17)15-9-10-5-2-1-3-6-10/h1-2,4,7-8,10,15H,3,5-6,9H2. The molecule has 1 N–H and O–H groups in total. The van der Waals surface area contributed by atoms with E-state index in [1.54, 1.807) is 0 Å². The van der Waals surface area contributed by atoms with E-state index in [9.17, 15) is 12.8 Å². The zero-order chi connectivity index (χ0) is 13.0. The summed E-state index contributed by atoms with van der Waals surface area (Å²) in [5.74, 6) is -0.551. The van der Waals surface area contributed by atoms with Gasteiger partial charge in [0.15, 0.2) is 5.82 Å². The summed E-state index contributed by atoms with van der Waals surface area (Å²) in [6.45, 7) is 0.322. The second kappa shape index (κ2) is 5.58. The molecule has 1 atom stereocenters. The molecule has 0 aliphatic heterocycles. The predicted octanol–water partition coefficient (Wildman–Crippen LogP) is 1.86. The number of rotatable bonds is 4. The third kappa shape index (κ3) is 3.14. The molecule has 1 aromatic heterocycles. The summed E-state index contributed by atoms with van der Waals surface area (Å²) < 4.78 is 39.5. The summed E-state index contributed by atoms with van der Waals surface area (Å²) in [4.78, 5) is 3.57. The van der Waals surface area contributed by atoms with Crippen molar-refractivity contribution in [1.82, 2.24) is 9.71 Å². The van der Waals surface area contributed by atoms with Gasteiger partial charge < -0.3 is 0 Å². The van der Waals surface area contributed by atoms with Gasteiger partial charge in [0, 0.05) is 12.7 Å². The SMILES string of the molecule is O=S(=O)(NCC1CC=CCC1)c1ncccc1F. The van der Waals surface area contributed by atoms with Gasteiger partial charge in [-0.2, -0.15) is 0 Å². The fourth-order valence-electron chi connectivity index (χ4n) is 1.91. The summed E-state index contributed by atoms with van der Waals surface area (Å²) >= 11 is 0. The molecule has 4 nitrogen and oxygen atoms in total. The van der Waals surface area contributed by atoms with Gasteiger partial charge in [0.2, 0.25) is 5.03 Å². The summed E-state index contributed by atoms with van der Waals surface area (Å²) in [6.07, 6.45) is 8.16. The second-order valence-electron chi connectivity index (χ2n) is 4.29. The molecule has 1 heterocycles. The van der Waals surface area contributed by atoms with Crippen LogP contribution in [0.3, 0.4) is 0 Å². The molecule has 0 aromatic carbocycles. The van der Waals surface area contributed by atoms with Crippen molar-refractivity contribution in [2.45, 2.75) is 24.3 Å². The molecule has 0 amide bonds. The maximum atomic E-state index is 13.4. The van der Waals surface area contributed by atoms with E-state index in [-0.39, 0.29) is 5.92 Å². The van der Waals surface area contributed by atoms with Gasteiger partial charge >= 0.3 is 0 Å². The van der Waals surface area contributed by atoms with Gasteiger partial charge in [0.1, 0.15) is 0 Å². The van der Waals surface area contributed by atoms with Crippen molar-refractivity contribution in [2.75, 3.05) is 6.54 Å². The number of pyridine rings is 1. The zero-order valence-electron chi connectivity index (χ0n) is 9.84. The first kappa shape index (κ1) is 13.2. The molecule has 1 aliphatic rings. The highest BCUT2D eigenvalue weighted by Gasteiger charge is 2.21. The Labute approximate surface area is 106 Å². The Morgan fingerprint density at radius 3 is 2.94 bits per heavy atom. The van der Waals surface area contributed by atoms with Crippen LogP contribution < -0.4 is 4.72 Å². The lowest BCUT2D eigenvalue weighted by Crippen LogP contribution is -2.31. The molecular weight excluding hydrogens is 255 g/mol. The lowest BCUT2D eigenvalue weighted by Gasteiger charge is -2.17. The average molecular weight is 270 g/mol. The van der Waals surface area contributed by atoms with Gasteiger partial charge in [-0.1, -0.05) is 12.2 Å². The smallest absolute Gasteiger partial charge is 0.241 e. The first-order valence-electron chi connectivity index (χ1n) is 5.85. The Morgan fingerprint density at radius 1 is 1.44 bits per heavy atom. The molecule has 0 saturated heterocycles. The Hall–Kier alpha value is -1.27. The highest BCUT2D eigenvalue weighted by molar-refractivity contribution is 7.89. The predicted molar refractivity (Wildman–Crippen MR) is 65.9 cm³/mol. The van der Waals surface area contributed by atoms with E-state index >= 15 is 0 Å². The van der Waals surface area contributed by atoms with Crippen molar-refractivity contribution in [1.29, 1.82) is 0 Å². The van der Waals surface area contributed by atoms with E-state index in [2.05, 4.69) is 15.8 Å². The van der Waals surface area contributed by atoms with E-state index in [0.717, 1.165) is 25.3 Å². The summed E-state index contributed by atoms with van der Waals surface area (Å²) in [7, 11) is -3.85. The first-order chi connectivity index (χ1) is 8.59. The van der Waals surface area contributed by atoms with Crippen molar-refractivity contribution >= 4 is 10.0 Å². The molecule has 2 rings (SSSR count). The maximum Gasteiger partial charge on any atom is 0.261 e. The molecular formula is C12H15FN2O2S. The van der Waals surface area contributed by atoms with Crippen molar-refractivity contribution in [2.24, 2.45) is 5.92 Å². The number of halogens is 1. The molecule has 0 fully saturated rings. The molecule has 1 aliphatic carbocycles. The minimum atomic E-state index is -3.85. The molecule has 98 valence electrons. The fraction of sp³-hybridized carbons (Fsp3) is 0.417. The topological polar surface area (TPSA) is 59.1 Å². The maximum absolute atomic E-state index is 13.4. The van der Waals surface area contributed by atoms with Crippen LogP contribution in [0.5, 0.6) is 0 Å². The molecule has 0 spiro atoms. The Kier molecular flexibility index (Phi) is 4.08. The van der Waals surface area contributed by atoms with Gasteiger partial charge in [-0.25, -0.2) is 22.5 Å². The van der Waals surface area contributed by atoms with E-state index in [4.69, 9.17) is 0 Å². The minimum Gasteiger partial charge on any atom is -0.241 e. The van der Waals surface area contributed by atoms with Crippen molar-refractivity contribution in [3.05, 3.63) is 36.3 Å². The molecule has 1 aromatic rings. The van der Waals surface area contributed by atoms with E-state index < -0.39 is 20.9 Å². The monoisotopic (exact) mass is 270 g/mol. The van der Waals surface area contributed by atoms with Crippen molar-refractivity contribution < 1.29 is 12.8 Å². The first-order valence-corrected chi connectivity index (χ1v) is 7.33. The lowest BCUT2D eigenvalue weighted by atomic mass is 9.95. The van der Waals surface area contributed by atoms with E-state index in [1.807, 2.05) is 6.08 Å². The molecule has 0 saturated carbocycles. The van der Waals surface area contributed by atoms with Crippen LogP contribution in [0.15, 0.2) is 35.5 Å². The zero-order valence-corrected chi connectivity index (χ0v) is 10.7. The van der Waals surface area contributed by atoms with Gasteiger partial charge in [0.25, 0.3) is 10.0 Å². The van der Waals surface area contributed by atoms with Crippen LogP contribution in [0.4, 0.5) is 4.39 Å². The number of aromatic nitrogens is 1. The largest absolute Gasteiger partial charge is 0.261 e. The quantitative estimate of drug-likeness (QED) is 0.849. The minimum absolute atomic E-state index is 0.275. The normalized spacial score (nSPS) is 19.9. The van der Waals surface area contributed by atoms with Crippen LogP contribution in [0.1, 0.15) is 19.3 Å². The number of allylic oxidation sites excluding steroid dienone is 2. The number of nitrogens with zero attached hydrogens (tertiary/aromatic N) is 1. The van der Waals surface area contributed by atoms with Crippen molar-refractivity contribution in [3.8, 4) is 0 Å². The van der Waals surface area contributed by atoms with Crippen LogP contribution in [0.25, 0.3) is 0 Å². The molecule has 18 heavy (non-hydrogen) atoms. The third-order valence-corrected chi connectivity index (χ3v) is 4.28. The summed E-state index contributed by atoms with van der Waals surface area (Å²) in [5, 5.41) is -0.531. The average Bonchev–Trinajstić information content (AvgIpc) is 2.38. The third-order valence-electron chi connectivity index (χ3n) is 2.92. The summed E-state index contributed by atoms with van der Waals surface area (Å²) in [5.41, 5.74) is 0. The van der Waals surface area contributed by atoms with Crippen LogP contribution in [0, 0.1) is 11.7 Å². The van der Waals surface area contributed by atoms with Crippen LogP contribution in [-0.4, -0.2) is 19.9 Å². The Balaban J connectivity index is 2.04. The lowest BCUT2D eigenvalue weighted by molar-refractivity contribution is 0.465. The molecule has 0 radical (unpaired) electrons. The highest BCUT2D eigenvalue weighted by Crippen LogP contribution is 2.18. The number of hydrogen-bond acceptors (Lipinski definition) is 3. The van der Waals surface area contributed by atoms with Crippen LogP contribution >= 0.6 is 0 Å². The van der Waals surface area contributed by atoms with Gasteiger partial charge in [-0.05, 0) is 37.3 Å². The van der Waals surface area contributed by atoms with Gasteiger partial charge in [-0.3, -0.25) is 0 Å². The Bertz CT molecular complexity index is 543. The van der Waals surface area contributed by atoms with E-state index in [1.165, 1.54) is 12.3 Å². The van der Waals surface area contributed by atoms with E-state index in [0.29, 0.717) is 6.54 Å². The van der Waals surface area contributed by atoms with Crippen LogP contribution in [0.2, 0.25) is 0 Å². The Morgan fingerprint density at radius 2 is 2.28 bits per heavy atom.